The summed E-state index contributed by atoms with van der Waals surface area (Å²) < 4.78 is 38.7. The number of halogens is 2. The third-order valence-electron chi connectivity index (χ3n) is 4.46. The van der Waals surface area contributed by atoms with Crippen molar-refractivity contribution in [3.63, 3.8) is 0 Å². The van der Waals surface area contributed by atoms with Crippen LogP contribution < -0.4 is 4.74 Å². The van der Waals surface area contributed by atoms with Gasteiger partial charge in [0, 0.05) is 44.2 Å². The highest BCUT2D eigenvalue weighted by atomic mass is 19.3. The molecular formula is C22H25F2N3O3. The monoisotopic (exact) mass is 417 g/mol. The molecule has 3 aromatic heterocycles. The van der Waals surface area contributed by atoms with E-state index in [4.69, 9.17) is 9.47 Å². The molecular weight excluding hydrogens is 392 g/mol. The number of ketones is 1. The molecule has 6 nitrogen and oxygen atoms in total. The molecule has 0 atom stereocenters. The van der Waals surface area contributed by atoms with Crippen molar-refractivity contribution in [3.05, 3.63) is 59.3 Å². The number of alkyl halides is 2. The lowest BCUT2D eigenvalue weighted by molar-refractivity contribution is 0.0984. The minimum atomic E-state index is -2.73. The lowest BCUT2D eigenvalue weighted by Gasteiger charge is -2.14. The van der Waals surface area contributed by atoms with E-state index in [0.29, 0.717) is 23.6 Å². The summed E-state index contributed by atoms with van der Waals surface area (Å²) in [5.74, 6) is 0.191. The van der Waals surface area contributed by atoms with Crippen LogP contribution in [0.5, 0.6) is 5.75 Å². The van der Waals surface area contributed by atoms with Crippen molar-refractivity contribution in [1.29, 1.82) is 0 Å². The highest BCUT2D eigenvalue weighted by Gasteiger charge is 2.18. The van der Waals surface area contributed by atoms with Crippen LogP contribution in [0.25, 0.3) is 5.65 Å². The maximum absolute atomic E-state index is 12.9. The Morgan fingerprint density at radius 1 is 1.20 bits per heavy atom. The van der Waals surface area contributed by atoms with E-state index in [0.717, 1.165) is 18.5 Å². The van der Waals surface area contributed by atoms with E-state index in [2.05, 4.69) is 9.97 Å². The van der Waals surface area contributed by atoms with Crippen molar-refractivity contribution in [1.82, 2.24) is 14.4 Å². The summed E-state index contributed by atoms with van der Waals surface area (Å²) in [5, 5.41) is 0. The predicted molar refractivity (Wildman–Crippen MR) is 108 cm³/mol. The zero-order valence-electron chi connectivity index (χ0n) is 17.3. The van der Waals surface area contributed by atoms with Crippen LogP contribution in [0.15, 0.2) is 36.7 Å². The summed E-state index contributed by atoms with van der Waals surface area (Å²) in [7, 11) is 1.66. The number of pyridine rings is 2. The topological polar surface area (TPSA) is 65.7 Å². The van der Waals surface area contributed by atoms with E-state index < -0.39 is 12.1 Å². The number of aromatic nitrogens is 3. The maximum atomic E-state index is 12.9. The molecule has 8 heteroatoms. The Morgan fingerprint density at radius 3 is 2.70 bits per heavy atom. The minimum absolute atomic E-state index is 0.00859. The molecule has 30 heavy (non-hydrogen) atoms. The van der Waals surface area contributed by atoms with Crippen molar-refractivity contribution < 1.29 is 23.0 Å². The van der Waals surface area contributed by atoms with E-state index in [1.165, 1.54) is 18.2 Å². The Labute approximate surface area is 173 Å². The van der Waals surface area contributed by atoms with Crippen LogP contribution in [0.1, 0.15) is 54.1 Å². The van der Waals surface area contributed by atoms with Crippen LogP contribution >= 0.6 is 0 Å². The Kier molecular flexibility index (Phi) is 7.10. The van der Waals surface area contributed by atoms with Crippen molar-refractivity contribution in [2.24, 2.45) is 0 Å². The first kappa shape index (κ1) is 21.8. The first-order valence-corrected chi connectivity index (χ1v) is 9.81. The Bertz CT molecular complexity index is 1020. The summed E-state index contributed by atoms with van der Waals surface area (Å²) >= 11 is 0. The molecule has 0 spiro atoms. The van der Waals surface area contributed by atoms with Gasteiger partial charge in [-0.15, -0.1) is 0 Å². The van der Waals surface area contributed by atoms with E-state index in [-0.39, 0.29) is 24.0 Å². The second-order valence-corrected chi connectivity index (χ2v) is 7.27. The SMILES string of the molecule is COCCCc1cn2cc(CC(=O)c3cccc(C(F)F)n3)c(OC(C)C)cc2n1. The normalized spacial score (nSPS) is 11.6. The number of hydrogen-bond donors (Lipinski definition) is 0. The summed E-state index contributed by atoms with van der Waals surface area (Å²) in [6.45, 7) is 4.44. The van der Waals surface area contributed by atoms with E-state index in [1.54, 1.807) is 19.4 Å². The fraction of sp³-hybridized carbons (Fsp3) is 0.409. The van der Waals surface area contributed by atoms with Gasteiger partial charge in [-0.2, -0.15) is 0 Å². The van der Waals surface area contributed by atoms with E-state index in [9.17, 15) is 13.6 Å². The quantitative estimate of drug-likeness (QED) is 0.360. The number of methoxy groups -OCH3 is 1. The van der Waals surface area contributed by atoms with Gasteiger partial charge >= 0.3 is 0 Å². The Morgan fingerprint density at radius 2 is 2.00 bits per heavy atom. The maximum Gasteiger partial charge on any atom is 0.280 e. The third-order valence-corrected chi connectivity index (χ3v) is 4.46. The van der Waals surface area contributed by atoms with Gasteiger partial charge in [0.15, 0.2) is 5.78 Å². The number of rotatable bonds is 10. The summed E-state index contributed by atoms with van der Waals surface area (Å²) in [6.07, 6.45) is 2.49. The van der Waals surface area contributed by atoms with E-state index >= 15 is 0 Å². The van der Waals surface area contributed by atoms with Gasteiger partial charge in [-0.3, -0.25) is 4.79 Å². The standard InChI is InChI=1S/C22H25F2N3O3/c1-14(2)30-20-11-21-25-16(6-5-9-29-3)13-27(21)12-15(20)10-19(28)17-7-4-8-18(26-17)22(23)24/h4,7-8,11-14,22H,5-6,9-10H2,1-3H3. The van der Waals surface area contributed by atoms with Gasteiger partial charge in [-0.25, -0.2) is 18.7 Å². The molecule has 0 unspecified atom stereocenters. The molecule has 0 aliphatic heterocycles. The Balaban J connectivity index is 1.90. The molecule has 0 aliphatic carbocycles. The smallest absolute Gasteiger partial charge is 0.280 e. The first-order chi connectivity index (χ1) is 14.4. The van der Waals surface area contributed by atoms with Crippen molar-refractivity contribution >= 4 is 11.4 Å². The molecule has 3 heterocycles. The molecule has 0 aliphatic rings. The van der Waals surface area contributed by atoms with Crippen molar-refractivity contribution in [2.75, 3.05) is 13.7 Å². The van der Waals surface area contributed by atoms with E-state index in [1.807, 2.05) is 24.4 Å². The van der Waals surface area contributed by atoms with Crippen LogP contribution in [0.2, 0.25) is 0 Å². The van der Waals surface area contributed by atoms with Crippen molar-refractivity contribution in [3.8, 4) is 5.75 Å². The first-order valence-electron chi connectivity index (χ1n) is 9.81. The molecule has 160 valence electrons. The number of fused-ring (bicyclic) bond motifs is 1. The second kappa shape index (κ2) is 9.75. The van der Waals surface area contributed by atoms with Crippen LogP contribution in [0.3, 0.4) is 0 Å². The van der Waals surface area contributed by atoms with Crippen LogP contribution in [-0.4, -0.2) is 40.0 Å². The average molecular weight is 417 g/mol. The van der Waals surface area contributed by atoms with Gasteiger partial charge in [-0.05, 0) is 38.8 Å². The number of carbonyl (C=O) groups excluding carboxylic acids is 1. The lowest BCUT2D eigenvalue weighted by Crippen LogP contribution is -2.12. The summed E-state index contributed by atoms with van der Waals surface area (Å²) in [6, 6.07) is 5.86. The number of carbonyl (C=O) groups is 1. The molecule has 0 saturated carbocycles. The third kappa shape index (κ3) is 5.38. The average Bonchev–Trinajstić information content (AvgIpc) is 3.09. The number of nitrogens with zero attached hydrogens (tertiary/aromatic N) is 3. The Hall–Kier alpha value is -2.87. The summed E-state index contributed by atoms with van der Waals surface area (Å²) in [5.41, 5.74) is 1.87. The molecule has 0 fully saturated rings. The number of hydrogen-bond acceptors (Lipinski definition) is 5. The van der Waals surface area contributed by atoms with Gasteiger partial charge < -0.3 is 13.9 Å². The fourth-order valence-corrected chi connectivity index (χ4v) is 3.12. The van der Waals surface area contributed by atoms with Crippen LogP contribution in [0.4, 0.5) is 8.78 Å². The zero-order chi connectivity index (χ0) is 21.7. The number of Topliss-reactive ketones (excluding diaryl/α,β-unsaturated/α-hetero) is 1. The number of imidazole rings is 1. The minimum Gasteiger partial charge on any atom is -0.491 e. The van der Waals surface area contributed by atoms with Crippen LogP contribution in [0, 0.1) is 0 Å². The van der Waals surface area contributed by atoms with Gasteiger partial charge in [0.25, 0.3) is 6.43 Å². The molecule has 0 amide bonds. The number of aryl methyl sites for hydroxylation is 1. The summed E-state index contributed by atoms with van der Waals surface area (Å²) in [4.78, 5) is 21.1. The van der Waals surface area contributed by atoms with Gasteiger partial charge in [0.2, 0.25) is 0 Å². The fourth-order valence-electron chi connectivity index (χ4n) is 3.12. The molecule has 0 aromatic carbocycles. The molecule has 0 saturated heterocycles. The highest BCUT2D eigenvalue weighted by Crippen LogP contribution is 2.25. The predicted octanol–water partition coefficient (Wildman–Crippen LogP) is 4.46. The largest absolute Gasteiger partial charge is 0.491 e. The molecule has 3 aromatic rings. The lowest BCUT2D eigenvalue weighted by atomic mass is 10.1. The number of ether oxygens (including phenoxy) is 2. The molecule has 3 rings (SSSR count). The van der Waals surface area contributed by atoms with Gasteiger partial charge in [0.1, 0.15) is 22.8 Å². The molecule has 0 N–H and O–H groups in total. The molecule has 0 bridgehead atoms. The van der Waals surface area contributed by atoms with Crippen molar-refractivity contribution in [2.45, 2.75) is 45.6 Å². The second-order valence-electron chi connectivity index (χ2n) is 7.27. The molecule has 0 radical (unpaired) electrons. The van der Waals surface area contributed by atoms with Gasteiger partial charge in [-0.1, -0.05) is 6.07 Å². The van der Waals surface area contributed by atoms with Gasteiger partial charge in [0.05, 0.1) is 11.8 Å². The zero-order valence-corrected chi connectivity index (χ0v) is 17.3. The highest BCUT2D eigenvalue weighted by molar-refractivity contribution is 5.96. The van der Waals surface area contributed by atoms with Crippen LogP contribution in [-0.2, 0) is 17.6 Å².